The van der Waals surface area contributed by atoms with E-state index in [1.54, 1.807) is 0 Å². The van der Waals surface area contributed by atoms with Gasteiger partial charge in [-0.15, -0.1) is 0 Å². The van der Waals surface area contributed by atoms with Crippen molar-refractivity contribution in [2.45, 2.75) is 19.8 Å². The number of nitrogens with zero attached hydrogens (tertiary/aromatic N) is 3. The Balaban J connectivity index is 1.71. The number of rotatable bonds is 7. The molecule has 1 aromatic rings. The van der Waals surface area contributed by atoms with Crippen molar-refractivity contribution in [1.82, 2.24) is 5.32 Å². The summed E-state index contributed by atoms with van der Waals surface area (Å²) < 4.78 is 5.60. The van der Waals surface area contributed by atoms with E-state index in [2.05, 4.69) is 15.7 Å². The van der Waals surface area contributed by atoms with Gasteiger partial charge in [0.25, 0.3) is 0 Å². The third kappa shape index (κ3) is 4.22. The van der Waals surface area contributed by atoms with E-state index < -0.39 is 0 Å². The average molecular weight is 276 g/mol. The summed E-state index contributed by atoms with van der Waals surface area (Å²) in [6.07, 6.45) is 1.22. The third-order valence-corrected chi connectivity index (χ3v) is 2.91. The van der Waals surface area contributed by atoms with Crippen LogP contribution in [0.2, 0.25) is 0 Å². The van der Waals surface area contributed by atoms with E-state index in [-0.39, 0.29) is 5.91 Å². The van der Waals surface area contributed by atoms with Gasteiger partial charge in [-0.3, -0.25) is 4.79 Å². The molecule has 2 rings (SSSR count). The van der Waals surface area contributed by atoms with Crippen LogP contribution in [0.15, 0.2) is 34.6 Å². The number of nitrogens with one attached hydrogen (secondary N) is 1. The van der Waals surface area contributed by atoms with E-state index in [0.717, 1.165) is 24.5 Å². The molecule has 0 saturated heterocycles. The molecule has 0 radical (unpaired) electrons. The summed E-state index contributed by atoms with van der Waals surface area (Å²) in [7, 11) is 0. The van der Waals surface area contributed by atoms with Crippen LogP contribution in [-0.4, -0.2) is 32.1 Å². The lowest BCUT2D eigenvalue weighted by Gasteiger charge is -2.12. The third-order valence-electron chi connectivity index (χ3n) is 2.91. The molecule has 0 unspecified atom stereocenters. The Morgan fingerprint density at radius 1 is 1.40 bits per heavy atom. The second-order valence-electron chi connectivity index (χ2n) is 4.48. The van der Waals surface area contributed by atoms with Crippen molar-refractivity contribution in [3.63, 3.8) is 0 Å². The fourth-order valence-electron chi connectivity index (χ4n) is 1.91. The van der Waals surface area contributed by atoms with Gasteiger partial charge in [-0.2, -0.15) is 5.11 Å². The van der Waals surface area contributed by atoms with Crippen LogP contribution in [0.4, 0.5) is 5.69 Å². The summed E-state index contributed by atoms with van der Waals surface area (Å²) in [5, 5.41) is 12.6. The first-order chi connectivity index (χ1) is 9.79. The van der Waals surface area contributed by atoms with E-state index in [4.69, 9.17) is 4.74 Å². The fraction of sp³-hybridized carbons (Fsp3) is 0.500. The Bertz CT molecular complexity index is 459. The van der Waals surface area contributed by atoms with Crippen LogP contribution in [0.1, 0.15) is 19.8 Å². The van der Waals surface area contributed by atoms with Crippen LogP contribution in [0, 0.1) is 0 Å². The maximum Gasteiger partial charge on any atom is 0.220 e. The molecule has 0 bridgehead atoms. The lowest BCUT2D eigenvalue weighted by atomic mass is 10.3. The molecule has 0 atom stereocenters. The van der Waals surface area contributed by atoms with Crippen molar-refractivity contribution in [3.05, 3.63) is 24.3 Å². The molecule has 1 amide bonds. The molecule has 0 spiro atoms. The Labute approximate surface area is 118 Å². The second kappa shape index (κ2) is 7.47. The first-order valence-electron chi connectivity index (χ1n) is 6.94. The number of hydrogen-bond acceptors (Lipinski definition) is 5. The highest BCUT2D eigenvalue weighted by molar-refractivity contribution is 5.75. The monoisotopic (exact) mass is 276 g/mol. The zero-order valence-corrected chi connectivity index (χ0v) is 11.7. The Hall–Kier alpha value is -2.11. The van der Waals surface area contributed by atoms with E-state index in [9.17, 15) is 4.79 Å². The molecule has 1 aromatic carbocycles. The largest absolute Gasteiger partial charge is 0.494 e. The molecule has 6 nitrogen and oxygen atoms in total. The number of ether oxygens (including phenoxy) is 1. The SMILES string of the molecule is CCNC(=O)CCCOc1ccc(N2CCN=N2)cc1. The number of carbonyl (C=O) groups excluding carboxylic acids is 1. The molecule has 0 aromatic heterocycles. The summed E-state index contributed by atoms with van der Waals surface area (Å²) in [6.45, 7) is 4.70. The summed E-state index contributed by atoms with van der Waals surface area (Å²) in [5.41, 5.74) is 1.01. The summed E-state index contributed by atoms with van der Waals surface area (Å²) in [4.78, 5) is 11.3. The average Bonchev–Trinajstić information content (AvgIpc) is 2.99. The molecular weight excluding hydrogens is 256 g/mol. The Kier molecular flexibility index (Phi) is 5.34. The van der Waals surface area contributed by atoms with Crippen molar-refractivity contribution in [1.29, 1.82) is 0 Å². The van der Waals surface area contributed by atoms with Crippen molar-refractivity contribution in [2.75, 3.05) is 31.3 Å². The maximum atomic E-state index is 11.3. The molecule has 0 fully saturated rings. The molecule has 0 aliphatic carbocycles. The zero-order chi connectivity index (χ0) is 14.2. The van der Waals surface area contributed by atoms with Crippen LogP contribution in [0.3, 0.4) is 0 Å². The van der Waals surface area contributed by atoms with Gasteiger partial charge in [0.05, 0.1) is 25.4 Å². The van der Waals surface area contributed by atoms with E-state index in [0.29, 0.717) is 26.0 Å². The summed E-state index contributed by atoms with van der Waals surface area (Å²) >= 11 is 0. The maximum absolute atomic E-state index is 11.3. The number of amides is 1. The van der Waals surface area contributed by atoms with Crippen molar-refractivity contribution < 1.29 is 9.53 Å². The van der Waals surface area contributed by atoms with Crippen LogP contribution >= 0.6 is 0 Å². The van der Waals surface area contributed by atoms with Gasteiger partial charge in [-0.1, -0.05) is 5.22 Å². The predicted octanol–water partition coefficient (Wildman–Crippen LogP) is 2.17. The minimum atomic E-state index is 0.0749. The zero-order valence-electron chi connectivity index (χ0n) is 11.7. The standard InChI is InChI=1S/C14H20N4O2/c1-2-15-14(19)4-3-11-20-13-7-5-12(6-8-13)18-10-9-16-17-18/h5-8H,2-4,9-11H2,1H3,(H,15,19). The van der Waals surface area contributed by atoms with Crippen LogP contribution in [0.5, 0.6) is 5.75 Å². The highest BCUT2D eigenvalue weighted by Gasteiger charge is 2.09. The second-order valence-corrected chi connectivity index (χ2v) is 4.48. The number of benzene rings is 1. The molecular formula is C14H20N4O2. The number of hydrogen-bond donors (Lipinski definition) is 1. The highest BCUT2D eigenvalue weighted by atomic mass is 16.5. The Morgan fingerprint density at radius 3 is 2.85 bits per heavy atom. The fourth-order valence-corrected chi connectivity index (χ4v) is 1.91. The van der Waals surface area contributed by atoms with Gasteiger partial charge in [-0.05, 0) is 37.6 Å². The van der Waals surface area contributed by atoms with Crippen molar-refractivity contribution in [2.24, 2.45) is 10.3 Å². The lowest BCUT2D eigenvalue weighted by Crippen LogP contribution is -2.22. The molecule has 1 heterocycles. The smallest absolute Gasteiger partial charge is 0.220 e. The first kappa shape index (κ1) is 14.3. The topological polar surface area (TPSA) is 66.3 Å². The van der Waals surface area contributed by atoms with Gasteiger partial charge >= 0.3 is 0 Å². The molecule has 1 N–H and O–H groups in total. The van der Waals surface area contributed by atoms with E-state index in [1.165, 1.54) is 0 Å². The highest BCUT2D eigenvalue weighted by Crippen LogP contribution is 2.21. The van der Waals surface area contributed by atoms with Gasteiger partial charge in [0.15, 0.2) is 0 Å². The van der Waals surface area contributed by atoms with E-state index >= 15 is 0 Å². The first-order valence-corrected chi connectivity index (χ1v) is 6.94. The number of anilines is 1. The molecule has 1 aliphatic heterocycles. The van der Waals surface area contributed by atoms with Gasteiger partial charge < -0.3 is 10.1 Å². The predicted molar refractivity (Wildman–Crippen MR) is 76.9 cm³/mol. The summed E-state index contributed by atoms with van der Waals surface area (Å²) in [5.74, 6) is 0.881. The number of carbonyl (C=O) groups is 1. The minimum absolute atomic E-state index is 0.0749. The molecule has 20 heavy (non-hydrogen) atoms. The summed E-state index contributed by atoms with van der Waals surface area (Å²) in [6, 6.07) is 7.75. The molecule has 1 aliphatic rings. The van der Waals surface area contributed by atoms with Crippen molar-refractivity contribution >= 4 is 11.6 Å². The van der Waals surface area contributed by atoms with Gasteiger partial charge in [0, 0.05) is 13.0 Å². The van der Waals surface area contributed by atoms with Crippen LogP contribution in [-0.2, 0) is 4.79 Å². The molecule has 6 heteroatoms. The van der Waals surface area contributed by atoms with Gasteiger partial charge in [0.1, 0.15) is 5.75 Å². The lowest BCUT2D eigenvalue weighted by molar-refractivity contribution is -0.121. The quantitative estimate of drug-likeness (QED) is 0.776. The Morgan fingerprint density at radius 2 is 2.20 bits per heavy atom. The molecule has 0 saturated carbocycles. The molecule has 108 valence electrons. The minimum Gasteiger partial charge on any atom is -0.494 e. The van der Waals surface area contributed by atoms with E-state index in [1.807, 2.05) is 36.2 Å². The van der Waals surface area contributed by atoms with Gasteiger partial charge in [0.2, 0.25) is 5.91 Å². The van der Waals surface area contributed by atoms with Crippen LogP contribution in [0.25, 0.3) is 0 Å². The van der Waals surface area contributed by atoms with Gasteiger partial charge in [-0.25, -0.2) is 5.01 Å². The normalized spacial score (nSPS) is 13.6. The van der Waals surface area contributed by atoms with Crippen molar-refractivity contribution in [3.8, 4) is 5.75 Å². The van der Waals surface area contributed by atoms with Crippen LogP contribution < -0.4 is 15.1 Å².